The fourth-order valence-electron chi connectivity index (χ4n) is 4.41. The van der Waals surface area contributed by atoms with Gasteiger partial charge < -0.3 is 15.4 Å². The van der Waals surface area contributed by atoms with Gasteiger partial charge in [-0.1, -0.05) is 61.7 Å². The lowest BCUT2D eigenvalue weighted by molar-refractivity contribution is -0.135. The first kappa shape index (κ1) is 26.6. The fourth-order valence-corrected chi connectivity index (χ4v) is 4.41. The number of benzene rings is 2. The van der Waals surface area contributed by atoms with Gasteiger partial charge in [-0.15, -0.1) is 0 Å². The van der Waals surface area contributed by atoms with Crippen LogP contribution in [-0.2, 0) is 16.0 Å². The van der Waals surface area contributed by atoms with E-state index >= 15 is 0 Å². The van der Waals surface area contributed by atoms with Gasteiger partial charge in [0.25, 0.3) is 0 Å². The number of nitrogens with one attached hydrogen (secondary N) is 2. The zero-order valence-electron chi connectivity index (χ0n) is 20.7. The van der Waals surface area contributed by atoms with E-state index in [0.29, 0.717) is 11.7 Å². The minimum Gasteiger partial charge on any atom is -0.425 e. The van der Waals surface area contributed by atoms with Crippen LogP contribution in [0.5, 0.6) is 5.75 Å². The molecule has 2 aromatic carbocycles. The van der Waals surface area contributed by atoms with E-state index in [2.05, 4.69) is 42.7 Å². The van der Waals surface area contributed by atoms with Gasteiger partial charge in [-0.3, -0.25) is 4.79 Å². The summed E-state index contributed by atoms with van der Waals surface area (Å²) in [6.45, 7) is 6.52. The number of rotatable bonds is 4. The van der Waals surface area contributed by atoms with Crippen molar-refractivity contribution < 1.29 is 14.3 Å². The van der Waals surface area contributed by atoms with Crippen LogP contribution in [0.2, 0.25) is 0 Å². The van der Waals surface area contributed by atoms with E-state index in [-0.39, 0.29) is 12.5 Å². The van der Waals surface area contributed by atoms with Gasteiger partial charge in [-0.05, 0) is 81.3 Å². The van der Waals surface area contributed by atoms with Crippen molar-refractivity contribution in [1.82, 2.24) is 10.6 Å². The van der Waals surface area contributed by atoms with Crippen molar-refractivity contribution in [1.29, 1.82) is 0 Å². The third-order valence-corrected chi connectivity index (χ3v) is 6.22. The molecule has 5 heteroatoms. The predicted octanol–water partition coefficient (Wildman–Crippen LogP) is 5.17. The molecule has 1 amide bonds. The van der Waals surface area contributed by atoms with E-state index < -0.39 is 5.97 Å². The lowest BCUT2D eigenvalue weighted by Gasteiger charge is -2.37. The Balaban J connectivity index is 0.000000290. The quantitative estimate of drug-likeness (QED) is 0.496. The third-order valence-electron chi connectivity index (χ3n) is 6.22. The van der Waals surface area contributed by atoms with Gasteiger partial charge in [0, 0.05) is 6.92 Å². The molecule has 0 bridgehead atoms. The number of hydrogen-bond donors (Lipinski definition) is 2. The number of aryl methyl sites for hydroxylation is 2. The van der Waals surface area contributed by atoms with Gasteiger partial charge in [0.1, 0.15) is 12.3 Å². The van der Waals surface area contributed by atoms with Gasteiger partial charge in [-0.25, -0.2) is 4.79 Å². The summed E-state index contributed by atoms with van der Waals surface area (Å²) >= 11 is 0. The Morgan fingerprint density at radius 2 is 1.73 bits per heavy atom. The lowest BCUT2D eigenvalue weighted by Crippen LogP contribution is -2.30. The van der Waals surface area contributed by atoms with Crippen LogP contribution < -0.4 is 15.4 Å². The molecule has 0 aliphatic heterocycles. The lowest BCUT2D eigenvalue weighted by atomic mass is 9.68. The van der Waals surface area contributed by atoms with Crippen molar-refractivity contribution in [2.24, 2.45) is 5.92 Å². The smallest absolute Gasteiger partial charge is 0.330 e. The van der Waals surface area contributed by atoms with Crippen molar-refractivity contribution in [3.05, 3.63) is 65.2 Å². The average molecular weight is 453 g/mol. The van der Waals surface area contributed by atoms with E-state index in [9.17, 15) is 9.59 Å². The van der Waals surface area contributed by atoms with Crippen molar-refractivity contribution >= 4 is 11.9 Å². The van der Waals surface area contributed by atoms with Gasteiger partial charge in [0.15, 0.2) is 0 Å². The first-order valence-corrected chi connectivity index (χ1v) is 12.2. The highest BCUT2D eigenvalue weighted by Crippen LogP contribution is 2.45. The van der Waals surface area contributed by atoms with Gasteiger partial charge in [-0.2, -0.15) is 0 Å². The molecule has 0 saturated heterocycles. The molecule has 0 aromatic heterocycles. The second-order valence-corrected chi connectivity index (χ2v) is 8.80. The number of carbonyl (C=O) groups is 2. The number of fused-ring (bicyclic) bond motifs is 3. The number of amides is 1. The Morgan fingerprint density at radius 1 is 1.03 bits per heavy atom. The van der Waals surface area contributed by atoms with E-state index in [4.69, 9.17) is 4.74 Å². The second kappa shape index (κ2) is 14.5. The molecule has 1 fully saturated rings. The highest BCUT2D eigenvalue weighted by atomic mass is 16.5. The number of esters is 1. The molecular weight excluding hydrogens is 412 g/mol. The summed E-state index contributed by atoms with van der Waals surface area (Å²) in [5.41, 5.74) is 4.10. The first-order valence-electron chi connectivity index (χ1n) is 12.2. The second-order valence-electron chi connectivity index (χ2n) is 8.80. The van der Waals surface area contributed by atoms with E-state index in [0.717, 1.165) is 18.9 Å². The van der Waals surface area contributed by atoms with Crippen LogP contribution in [0.15, 0.2) is 48.5 Å². The van der Waals surface area contributed by atoms with E-state index in [1.165, 1.54) is 55.7 Å². The standard InChI is InChI=1S/C18H23NO3.C7H8.C3H9N/c1-12(20)19-11-18(21)22-15-9-8-14-7-6-13-4-2-3-5-16(13)17(14)10-15;1-7-5-3-2-4-6-7;1-3-4-2/h8-10,13,16H,2-7,11H2,1H3,(H,19,20);2-6H,1H3;4H,3H2,1-2H3. The minimum atomic E-state index is -0.425. The molecule has 180 valence electrons. The summed E-state index contributed by atoms with van der Waals surface area (Å²) in [4.78, 5) is 22.6. The molecule has 2 aliphatic rings. The molecule has 2 N–H and O–H groups in total. The number of hydrogen-bond acceptors (Lipinski definition) is 4. The Morgan fingerprint density at radius 3 is 2.33 bits per heavy atom. The van der Waals surface area contributed by atoms with E-state index in [1.807, 2.05) is 37.4 Å². The van der Waals surface area contributed by atoms with Crippen molar-refractivity contribution in [2.75, 3.05) is 20.1 Å². The summed E-state index contributed by atoms with van der Waals surface area (Å²) in [6.07, 6.45) is 7.66. The van der Waals surface area contributed by atoms with Crippen LogP contribution in [0, 0.1) is 12.8 Å². The molecule has 2 unspecified atom stereocenters. The Kier molecular flexibility index (Phi) is 11.7. The number of ether oxygens (including phenoxy) is 1. The van der Waals surface area contributed by atoms with Crippen LogP contribution in [0.1, 0.15) is 68.6 Å². The predicted molar refractivity (Wildman–Crippen MR) is 135 cm³/mol. The van der Waals surface area contributed by atoms with Crippen molar-refractivity contribution in [3.8, 4) is 5.75 Å². The molecule has 4 rings (SSSR count). The van der Waals surface area contributed by atoms with Gasteiger partial charge in [0.05, 0.1) is 0 Å². The molecule has 2 aromatic rings. The van der Waals surface area contributed by atoms with Crippen LogP contribution >= 0.6 is 0 Å². The molecule has 2 atom stereocenters. The molecule has 0 radical (unpaired) electrons. The van der Waals surface area contributed by atoms with Crippen molar-refractivity contribution in [3.63, 3.8) is 0 Å². The Bertz CT molecular complexity index is 865. The zero-order chi connectivity index (χ0) is 24.1. The zero-order valence-corrected chi connectivity index (χ0v) is 20.7. The van der Waals surface area contributed by atoms with Crippen LogP contribution in [0.25, 0.3) is 0 Å². The van der Waals surface area contributed by atoms with Crippen LogP contribution in [-0.4, -0.2) is 32.0 Å². The maximum atomic E-state index is 11.7. The SMILES string of the molecule is CC(=O)NCC(=O)Oc1ccc2c(c1)C1CCCCC1CC2.CCNC.Cc1ccccc1. The molecule has 0 heterocycles. The third kappa shape index (κ3) is 9.39. The average Bonchev–Trinajstić information content (AvgIpc) is 2.84. The van der Waals surface area contributed by atoms with Gasteiger partial charge >= 0.3 is 5.97 Å². The molecule has 1 saturated carbocycles. The van der Waals surface area contributed by atoms with Crippen LogP contribution in [0.3, 0.4) is 0 Å². The maximum absolute atomic E-state index is 11.7. The number of carbonyl (C=O) groups excluding carboxylic acids is 2. The summed E-state index contributed by atoms with van der Waals surface area (Å²) < 4.78 is 5.36. The molecular formula is C28H40N2O3. The highest BCUT2D eigenvalue weighted by Gasteiger charge is 2.31. The summed E-state index contributed by atoms with van der Waals surface area (Å²) in [5.74, 6) is 1.37. The van der Waals surface area contributed by atoms with E-state index in [1.54, 1.807) is 0 Å². The topological polar surface area (TPSA) is 67.4 Å². The molecule has 5 nitrogen and oxygen atoms in total. The summed E-state index contributed by atoms with van der Waals surface area (Å²) in [6, 6.07) is 16.3. The first-order chi connectivity index (χ1) is 15.9. The Labute approximate surface area is 199 Å². The minimum absolute atomic E-state index is 0.0848. The molecule has 0 spiro atoms. The molecule has 33 heavy (non-hydrogen) atoms. The monoisotopic (exact) mass is 452 g/mol. The maximum Gasteiger partial charge on any atom is 0.330 e. The normalized spacial score (nSPS) is 18.2. The van der Waals surface area contributed by atoms with Gasteiger partial charge in [0.2, 0.25) is 5.91 Å². The molecule has 2 aliphatic carbocycles. The van der Waals surface area contributed by atoms with Crippen molar-refractivity contribution in [2.45, 2.75) is 65.2 Å². The highest BCUT2D eigenvalue weighted by molar-refractivity contribution is 5.81. The largest absolute Gasteiger partial charge is 0.425 e. The van der Waals surface area contributed by atoms with Crippen LogP contribution in [0.4, 0.5) is 0 Å². The summed E-state index contributed by atoms with van der Waals surface area (Å²) in [5, 5.41) is 5.39. The Hall–Kier alpha value is -2.66. The summed E-state index contributed by atoms with van der Waals surface area (Å²) in [7, 11) is 1.93. The fraction of sp³-hybridized carbons (Fsp3) is 0.500.